The fourth-order valence-electron chi connectivity index (χ4n) is 4.42. The number of likely N-dealkylation sites (tertiary alicyclic amines) is 2. The van der Waals surface area contributed by atoms with E-state index in [0.717, 1.165) is 22.9 Å². The summed E-state index contributed by atoms with van der Waals surface area (Å²) in [6.45, 7) is 8.32. The van der Waals surface area contributed by atoms with Gasteiger partial charge in [0.25, 0.3) is 0 Å². The number of hydrogen-bond acceptors (Lipinski definition) is 4. The van der Waals surface area contributed by atoms with E-state index in [1.807, 2.05) is 13.1 Å². The number of fused-ring (bicyclic) bond motifs is 1. The van der Waals surface area contributed by atoms with Gasteiger partial charge in [0.15, 0.2) is 5.65 Å². The van der Waals surface area contributed by atoms with Crippen molar-refractivity contribution in [1.29, 1.82) is 0 Å². The Hall–Kier alpha value is -1.46. The molecule has 0 bridgehead atoms. The van der Waals surface area contributed by atoms with Crippen molar-refractivity contribution in [3.05, 3.63) is 23.7 Å². The fourth-order valence-corrected chi connectivity index (χ4v) is 4.42. The van der Waals surface area contributed by atoms with Crippen molar-refractivity contribution in [2.75, 3.05) is 39.8 Å². The summed E-state index contributed by atoms with van der Waals surface area (Å²) in [6.07, 6.45) is 7.17. The van der Waals surface area contributed by atoms with Gasteiger partial charge in [-0.1, -0.05) is 0 Å². The van der Waals surface area contributed by atoms with Crippen LogP contribution in [0.5, 0.6) is 0 Å². The molecule has 2 aliphatic rings. The third-order valence-corrected chi connectivity index (χ3v) is 5.92. The Morgan fingerprint density at radius 1 is 1.12 bits per heavy atom. The first-order valence-corrected chi connectivity index (χ1v) is 9.41. The summed E-state index contributed by atoms with van der Waals surface area (Å²) in [5.74, 6) is 2.51. The Bertz CT molecular complexity index is 678. The van der Waals surface area contributed by atoms with Gasteiger partial charge in [-0.15, -0.1) is 0 Å². The lowest BCUT2D eigenvalue weighted by atomic mass is 9.88. The summed E-state index contributed by atoms with van der Waals surface area (Å²) in [4.78, 5) is 17.5. The van der Waals surface area contributed by atoms with Crippen LogP contribution in [-0.2, 0) is 0 Å². The predicted octanol–water partition coefficient (Wildman–Crippen LogP) is 2.79. The number of rotatable bonds is 3. The number of H-pyrrole nitrogens is 1. The van der Waals surface area contributed by atoms with E-state index >= 15 is 0 Å². The molecule has 0 radical (unpaired) electrons. The molecule has 0 aromatic carbocycles. The van der Waals surface area contributed by atoms with Crippen molar-refractivity contribution < 1.29 is 0 Å². The number of nitrogens with zero attached hydrogens (tertiary/aromatic N) is 4. The van der Waals surface area contributed by atoms with Gasteiger partial charge in [0.1, 0.15) is 5.82 Å². The highest BCUT2D eigenvalue weighted by atomic mass is 15.1. The molecular formula is C19H29N5. The topological polar surface area (TPSA) is 48.1 Å². The molecule has 5 nitrogen and oxygen atoms in total. The van der Waals surface area contributed by atoms with Crippen molar-refractivity contribution in [3.8, 4) is 0 Å². The summed E-state index contributed by atoms with van der Waals surface area (Å²) < 4.78 is 0. The molecule has 4 heterocycles. The number of aryl methyl sites for hydroxylation is 1. The van der Waals surface area contributed by atoms with Gasteiger partial charge < -0.3 is 14.8 Å². The molecule has 0 atom stereocenters. The van der Waals surface area contributed by atoms with E-state index < -0.39 is 0 Å². The average molecular weight is 327 g/mol. The van der Waals surface area contributed by atoms with E-state index in [4.69, 9.17) is 0 Å². The van der Waals surface area contributed by atoms with Crippen molar-refractivity contribution in [3.63, 3.8) is 0 Å². The Balaban J connectivity index is 1.37. The van der Waals surface area contributed by atoms with Gasteiger partial charge in [0.2, 0.25) is 0 Å². The maximum atomic E-state index is 4.49. The fraction of sp³-hybridized carbons (Fsp3) is 0.684. The Kier molecular flexibility index (Phi) is 4.55. The monoisotopic (exact) mass is 327 g/mol. The van der Waals surface area contributed by atoms with E-state index in [-0.39, 0.29) is 0 Å². The standard InChI is InChI=1S/C19H29N5/c1-14-21-18-17(3-8-20-19(18)22-14)16-6-11-24(12-7-16)13-15-4-9-23(2)10-5-15/h3,8,15-16H,4-7,9-13H2,1-2H3,(H,20,21,22). The van der Waals surface area contributed by atoms with Crippen LogP contribution in [0.3, 0.4) is 0 Å². The van der Waals surface area contributed by atoms with E-state index in [9.17, 15) is 0 Å². The molecule has 2 aromatic rings. The summed E-state index contributed by atoms with van der Waals surface area (Å²) in [6, 6.07) is 2.19. The molecule has 0 aliphatic carbocycles. The lowest BCUT2D eigenvalue weighted by molar-refractivity contribution is 0.139. The SMILES string of the molecule is Cc1nc2nccc(C3CCN(CC4CCN(C)CC4)CC3)c2[nH]1. The van der Waals surface area contributed by atoms with Crippen LogP contribution in [-0.4, -0.2) is 64.5 Å². The molecule has 2 fully saturated rings. The maximum absolute atomic E-state index is 4.49. The van der Waals surface area contributed by atoms with Gasteiger partial charge in [-0.25, -0.2) is 9.97 Å². The van der Waals surface area contributed by atoms with Gasteiger partial charge >= 0.3 is 0 Å². The molecule has 2 saturated heterocycles. The molecule has 5 heteroatoms. The zero-order chi connectivity index (χ0) is 16.5. The summed E-state index contributed by atoms with van der Waals surface area (Å²) >= 11 is 0. The van der Waals surface area contributed by atoms with Crippen LogP contribution in [0.4, 0.5) is 0 Å². The summed E-state index contributed by atoms with van der Waals surface area (Å²) in [7, 11) is 2.24. The number of hydrogen-bond donors (Lipinski definition) is 1. The van der Waals surface area contributed by atoms with Crippen molar-refractivity contribution in [2.45, 2.75) is 38.5 Å². The van der Waals surface area contributed by atoms with Crippen LogP contribution < -0.4 is 0 Å². The second-order valence-electron chi connectivity index (χ2n) is 7.74. The highest BCUT2D eigenvalue weighted by Crippen LogP contribution is 2.32. The minimum Gasteiger partial charge on any atom is -0.341 e. The van der Waals surface area contributed by atoms with Crippen LogP contribution in [0.2, 0.25) is 0 Å². The molecule has 24 heavy (non-hydrogen) atoms. The Labute approximate surface area is 144 Å². The molecule has 0 spiro atoms. The van der Waals surface area contributed by atoms with Crippen molar-refractivity contribution in [2.24, 2.45) is 5.92 Å². The first-order valence-electron chi connectivity index (χ1n) is 9.41. The van der Waals surface area contributed by atoms with Gasteiger partial charge in [-0.2, -0.15) is 0 Å². The Morgan fingerprint density at radius 3 is 2.62 bits per heavy atom. The number of imidazole rings is 1. The minimum atomic E-state index is 0.643. The van der Waals surface area contributed by atoms with Gasteiger partial charge in [-0.05, 0) is 89.3 Å². The van der Waals surface area contributed by atoms with Crippen LogP contribution in [0.15, 0.2) is 12.3 Å². The second-order valence-corrected chi connectivity index (χ2v) is 7.74. The third-order valence-electron chi connectivity index (χ3n) is 5.92. The van der Waals surface area contributed by atoms with Crippen molar-refractivity contribution in [1.82, 2.24) is 24.8 Å². The largest absolute Gasteiger partial charge is 0.341 e. The molecule has 0 unspecified atom stereocenters. The number of piperidine rings is 2. The third kappa shape index (κ3) is 3.33. The minimum absolute atomic E-state index is 0.643. The molecule has 1 N–H and O–H groups in total. The van der Waals surface area contributed by atoms with E-state index in [2.05, 4.69) is 37.9 Å². The quantitative estimate of drug-likeness (QED) is 0.942. The lowest BCUT2D eigenvalue weighted by Crippen LogP contribution is -2.40. The number of aromatic amines is 1. The normalized spacial score (nSPS) is 22.4. The molecule has 4 rings (SSSR count). The second kappa shape index (κ2) is 6.81. The predicted molar refractivity (Wildman–Crippen MR) is 97.3 cm³/mol. The van der Waals surface area contributed by atoms with E-state index in [0.29, 0.717) is 5.92 Å². The molecule has 2 aromatic heterocycles. The summed E-state index contributed by atoms with van der Waals surface area (Å²) in [5.41, 5.74) is 3.45. The van der Waals surface area contributed by atoms with Crippen molar-refractivity contribution >= 4 is 11.2 Å². The molecular weight excluding hydrogens is 298 g/mol. The lowest BCUT2D eigenvalue weighted by Gasteiger charge is -2.37. The van der Waals surface area contributed by atoms with Gasteiger partial charge in [-0.3, -0.25) is 0 Å². The van der Waals surface area contributed by atoms with Crippen LogP contribution in [0.1, 0.15) is 43.0 Å². The van der Waals surface area contributed by atoms with E-state index in [1.54, 1.807) is 0 Å². The summed E-state index contributed by atoms with van der Waals surface area (Å²) in [5, 5.41) is 0. The van der Waals surface area contributed by atoms with Gasteiger partial charge in [0.05, 0.1) is 5.52 Å². The van der Waals surface area contributed by atoms with Gasteiger partial charge in [0, 0.05) is 12.7 Å². The maximum Gasteiger partial charge on any atom is 0.177 e. The average Bonchev–Trinajstić information content (AvgIpc) is 2.98. The first-order chi connectivity index (χ1) is 11.7. The van der Waals surface area contributed by atoms with E-state index in [1.165, 1.54) is 64.0 Å². The number of pyridine rings is 1. The Morgan fingerprint density at radius 2 is 1.88 bits per heavy atom. The zero-order valence-corrected chi connectivity index (χ0v) is 15.0. The molecule has 2 aliphatic heterocycles. The zero-order valence-electron chi connectivity index (χ0n) is 15.0. The molecule has 130 valence electrons. The molecule has 0 saturated carbocycles. The number of nitrogens with one attached hydrogen (secondary N) is 1. The number of aromatic nitrogens is 3. The smallest absolute Gasteiger partial charge is 0.177 e. The molecule has 0 amide bonds. The highest BCUT2D eigenvalue weighted by molar-refractivity contribution is 5.75. The van der Waals surface area contributed by atoms with Crippen LogP contribution in [0, 0.1) is 12.8 Å². The highest BCUT2D eigenvalue weighted by Gasteiger charge is 2.25. The first kappa shape index (κ1) is 16.0. The van der Waals surface area contributed by atoms with Crippen LogP contribution in [0.25, 0.3) is 11.2 Å². The van der Waals surface area contributed by atoms with Crippen LogP contribution >= 0.6 is 0 Å².